The first-order valence-corrected chi connectivity index (χ1v) is 9.53. The first-order chi connectivity index (χ1) is 13.2. The summed E-state index contributed by atoms with van der Waals surface area (Å²) < 4.78 is 23.0. The zero-order valence-electron chi connectivity index (χ0n) is 15.5. The zero-order chi connectivity index (χ0) is 18.3. The van der Waals surface area contributed by atoms with Crippen LogP contribution in [0.25, 0.3) is 11.1 Å². The molecule has 0 radical (unpaired) electrons. The topological polar surface area (TPSA) is 53.1 Å². The highest BCUT2D eigenvalue weighted by Gasteiger charge is 2.43. The van der Waals surface area contributed by atoms with Gasteiger partial charge in [0.25, 0.3) is 0 Å². The maximum atomic E-state index is 6.35. The summed E-state index contributed by atoms with van der Waals surface area (Å²) in [6, 6.07) is 10.7. The van der Waals surface area contributed by atoms with E-state index in [4.69, 9.17) is 18.9 Å². The highest BCUT2D eigenvalue weighted by atomic mass is 16.7. The molecule has 3 aliphatic rings. The van der Waals surface area contributed by atoms with Crippen LogP contribution in [0.3, 0.4) is 0 Å². The third-order valence-electron chi connectivity index (χ3n) is 5.82. The standard InChI is InChI=1S/C21H24N2O4/c1-24-20-5-3-16(11-22-20)15-2-4-19-17(10-15)12-26-21(27-19)6-8-23(9-7-21)18-13-25-14-18/h2-5,10-11,18H,6-9,12-14H2,1H3. The lowest BCUT2D eigenvalue weighted by Gasteiger charge is -2.47. The van der Waals surface area contributed by atoms with E-state index in [0.717, 1.165) is 61.6 Å². The number of likely N-dealkylation sites (tertiary alicyclic amines) is 1. The molecule has 5 rings (SSSR count). The fourth-order valence-electron chi connectivity index (χ4n) is 3.99. The number of fused-ring (bicyclic) bond motifs is 1. The Hall–Kier alpha value is -2.15. The van der Waals surface area contributed by atoms with Crippen molar-refractivity contribution in [2.24, 2.45) is 0 Å². The Kier molecular flexibility index (Phi) is 4.27. The molecule has 0 aliphatic carbocycles. The second kappa shape index (κ2) is 6.78. The Morgan fingerprint density at radius 2 is 1.93 bits per heavy atom. The van der Waals surface area contributed by atoms with Crippen molar-refractivity contribution >= 4 is 0 Å². The van der Waals surface area contributed by atoms with Crippen LogP contribution in [0.15, 0.2) is 36.5 Å². The molecule has 4 heterocycles. The van der Waals surface area contributed by atoms with Crippen LogP contribution >= 0.6 is 0 Å². The molecule has 6 nitrogen and oxygen atoms in total. The number of methoxy groups -OCH3 is 1. The van der Waals surface area contributed by atoms with E-state index in [9.17, 15) is 0 Å². The highest BCUT2D eigenvalue weighted by Crippen LogP contribution is 2.39. The molecule has 0 N–H and O–H groups in total. The monoisotopic (exact) mass is 368 g/mol. The molecular weight excluding hydrogens is 344 g/mol. The minimum Gasteiger partial charge on any atom is -0.481 e. The minimum atomic E-state index is -0.475. The lowest BCUT2D eigenvalue weighted by molar-refractivity contribution is -0.234. The van der Waals surface area contributed by atoms with E-state index in [1.54, 1.807) is 7.11 Å². The number of aromatic nitrogens is 1. The summed E-state index contributed by atoms with van der Waals surface area (Å²) in [6.45, 7) is 4.30. The number of nitrogens with zero attached hydrogens (tertiary/aromatic N) is 2. The molecule has 0 amide bonds. The number of piperidine rings is 1. The smallest absolute Gasteiger partial charge is 0.213 e. The fraction of sp³-hybridized carbons (Fsp3) is 0.476. The van der Waals surface area contributed by atoms with E-state index in [2.05, 4.69) is 28.1 Å². The number of hydrogen-bond donors (Lipinski definition) is 0. The lowest BCUT2D eigenvalue weighted by Crippen LogP contribution is -2.57. The van der Waals surface area contributed by atoms with Gasteiger partial charge in [-0.2, -0.15) is 0 Å². The van der Waals surface area contributed by atoms with Gasteiger partial charge in [0.15, 0.2) is 0 Å². The average Bonchev–Trinajstić information content (AvgIpc) is 2.68. The van der Waals surface area contributed by atoms with Crippen LogP contribution in [0.4, 0.5) is 0 Å². The number of pyridine rings is 1. The van der Waals surface area contributed by atoms with Gasteiger partial charge in [-0.25, -0.2) is 4.98 Å². The Morgan fingerprint density at radius 1 is 1.11 bits per heavy atom. The summed E-state index contributed by atoms with van der Waals surface area (Å²) in [6.07, 6.45) is 3.62. The number of hydrogen-bond acceptors (Lipinski definition) is 6. The molecule has 3 aliphatic heterocycles. The van der Waals surface area contributed by atoms with Gasteiger partial charge in [-0.3, -0.25) is 4.90 Å². The molecule has 1 spiro atoms. The van der Waals surface area contributed by atoms with Crippen LogP contribution in [0, 0.1) is 0 Å². The first kappa shape index (κ1) is 17.0. The number of ether oxygens (including phenoxy) is 4. The van der Waals surface area contributed by atoms with Gasteiger partial charge in [-0.05, 0) is 23.8 Å². The largest absolute Gasteiger partial charge is 0.481 e. The molecular formula is C21H24N2O4. The van der Waals surface area contributed by atoms with Crippen LogP contribution in [-0.2, 0) is 16.1 Å². The second-order valence-electron chi connectivity index (χ2n) is 7.44. The van der Waals surface area contributed by atoms with Crippen LogP contribution in [0.5, 0.6) is 11.6 Å². The molecule has 2 aromatic rings. The Bertz CT molecular complexity index is 811. The van der Waals surface area contributed by atoms with Crippen LogP contribution in [0.2, 0.25) is 0 Å². The summed E-state index contributed by atoms with van der Waals surface area (Å²) in [7, 11) is 1.62. The van der Waals surface area contributed by atoms with Crippen molar-refractivity contribution in [3.8, 4) is 22.8 Å². The third kappa shape index (κ3) is 3.18. The quantitative estimate of drug-likeness (QED) is 0.830. The molecule has 2 saturated heterocycles. The van der Waals surface area contributed by atoms with Crippen molar-refractivity contribution in [3.05, 3.63) is 42.1 Å². The molecule has 0 atom stereocenters. The van der Waals surface area contributed by atoms with E-state index >= 15 is 0 Å². The maximum Gasteiger partial charge on any atom is 0.213 e. The van der Waals surface area contributed by atoms with Gasteiger partial charge >= 0.3 is 0 Å². The minimum absolute atomic E-state index is 0.475. The van der Waals surface area contributed by atoms with Crippen molar-refractivity contribution in [1.82, 2.24) is 9.88 Å². The van der Waals surface area contributed by atoms with Gasteiger partial charge in [0.05, 0.1) is 33.0 Å². The summed E-state index contributed by atoms with van der Waals surface area (Å²) in [4.78, 5) is 6.79. The van der Waals surface area contributed by atoms with Crippen molar-refractivity contribution in [2.45, 2.75) is 31.3 Å². The zero-order valence-corrected chi connectivity index (χ0v) is 15.5. The fourth-order valence-corrected chi connectivity index (χ4v) is 3.99. The molecule has 1 aromatic heterocycles. The van der Waals surface area contributed by atoms with Gasteiger partial charge in [-0.15, -0.1) is 0 Å². The Labute approximate surface area is 159 Å². The predicted octanol–water partition coefficient (Wildman–Crippen LogP) is 2.86. The molecule has 27 heavy (non-hydrogen) atoms. The molecule has 6 heteroatoms. The summed E-state index contributed by atoms with van der Waals surface area (Å²) in [5.74, 6) is 1.08. The summed E-state index contributed by atoms with van der Waals surface area (Å²) in [5, 5.41) is 0. The molecule has 1 aromatic carbocycles. The van der Waals surface area contributed by atoms with Gasteiger partial charge in [-0.1, -0.05) is 6.07 Å². The Morgan fingerprint density at radius 3 is 2.59 bits per heavy atom. The predicted molar refractivity (Wildman–Crippen MR) is 99.8 cm³/mol. The van der Waals surface area contributed by atoms with Crippen molar-refractivity contribution in [2.75, 3.05) is 33.4 Å². The van der Waals surface area contributed by atoms with E-state index < -0.39 is 5.79 Å². The first-order valence-electron chi connectivity index (χ1n) is 9.53. The van der Waals surface area contributed by atoms with Crippen molar-refractivity contribution in [1.29, 1.82) is 0 Å². The summed E-state index contributed by atoms with van der Waals surface area (Å²) in [5.41, 5.74) is 3.24. The van der Waals surface area contributed by atoms with Crippen molar-refractivity contribution in [3.63, 3.8) is 0 Å². The Balaban J connectivity index is 1.30. The number of benzene rings is 1. The highest BCUT2D eigenvalue weighted by molar-refractivity contribution is 5.65. The summed E-state index contributed by atoms with van der Waals surface area (Å²) >= 11 is 0. The van der Waals surface area contributed by atoms with Crippen LogP contribution in [-0.4, -0.2) is 55.1 Å². The normalized spacial score (nSPS) is 22.0. The molecule has 0 bridgehead atoms. The van der Waals surface area contributed by atoms with Crippen LogP contribution < -0.4 is 9.47 Å². The van der Waals surface area contributed by atoms with E-state index in [-0.39, 0.29) is 0 Å². The number of rotatable bonds is 3. The van der Waals surface area contributed by atoms with Gasteiger partial charge in [0.1, 0.15) is 5.75 Å². The van der Waals surface area contributed by atoms with Gasteiger partial charge in [0, 0.05) is 49.3 Å². The molecule has 0 saturated carbocycles. The van der Waals surface area contributed by atoms with Crippen molar-refractivity contribution < 1.29 is 18.9 Å². The van der Waals surface area contributed by atoms with Crippen LogP contribution in [0.1, 0.15) is 18.4 Å². The maximum absolute atomic E-state index is 6.35. The molecule has 2 fully saturated rings. The lowest BCUT2D eigenvalue weighted by atomic mass is 9.98. The third-order valence-corrected chi connectivity index (χ3v) is 5.82. The molecule has 0 unspecified atom stereocenters. The molecule has 142 valence electrons. The average molecular weight is 368 g/mol. The second-order valence-corrected chi connectivity index (χ2v) is 7.44. The van der Waals surface area contributed by atoms with E-state index in [0.29, 0.717) is 18.5 Å². The van der Waals surface area contributed by atoms with Gasteiger partial charge < -0.3 is 18.9 Å². The van der Waals surface area contributed by atoms with Gasteiger partial charge in [0.2, 0.25) is 11.7 Å². The SMILES string of the molecule is COc1ccc(-c2ccc3c(c2)COC2(CCN(C4COC4)CC2)O3)cn1. The van der Waals surface area contributed by atoms with E-state index in [1.165, 1.54) is 0 Å². The van der Waals surface area contributed by atoms with E-state index in [1.807, 2.05) is 18.3 Å².